The standard InChI is InChI=1S/C17H16ClF3N2O4S/c1-10(16(24)22-2)27-12-4-6-13(7-5-12)28(25,26)23-15-9-11(17(19,20)21)3-8-14(15)18/h3-10,23H,1-2H3,(H,22,24)/t10-/m1/s1. The molecule has 28 heavy (non-hydrogen) atoms. The monoisotopic (exact) mass is 436 g/mol. The lowest BCUT2D eigenvalue weighted by molar-refractivity contribution is -0.137. The summed E-state index contributed by atoms with van der Waals surface area (Å²) in [7, 11) is -2.75. The van der Waals surface area contributed by atoms with Crippen LogP contribution >= 0.6 is 11.6 Å². The Bertz CT molecular complexity index is 963. The molecule has 0 aliphatic heterocycles. The maximum atomic E-state index is 12.8. The molecule has 0 unspecified atom stereocenters. The number of halogens is 4. The highest BCUT2D eigenvalue weighted by molar-refractivity contribution is 7.92. The topological polar surface area (TPSA) is 84.5 Å². The SMILES string of the molecule is CNC(=O)[C@@H](C)Oc1ccc(S(=O)(=O)Nc2cc(C(F)(F)F)ccc2Cl)cc1. The predicted molar refractivity (Wildman–Crippen MR) is 97.9 cm³/mol. The number of carbonyl (C=O) groups is 1. The third kappa shape index (κ3) is 5.29. The first-order valence-corrected chi connectivity index (χ1v) is 9.68. The molecule has 0 aromatic heterocycles. The van der Waals surface area contributed by atoms with Gasteiger partial charge in [-0.05, 0) is 49.4 Å². The van der Waals surface area contributed by atoms with Crippen LogP contribution < -0.4 is 14.8 Å². The van der Waals surface area contributed by atoms with Crippen molar-refractivity contribution in [2.45, 2.75) is 24.1 Å². The van der Waals surface area contributed by atoms with Gasteiger partial charge in [0.25, 0.3) is 15.9 Å². The molecule has 1 amide bonds. The first kappa shape index (κ1) is 21.8. The molecule has 0 radical (unpaired) electrons. The first-order chi connectivity index (χ1) is 12.9. The predicted octanol–water partition coefficient (Wildman–Crippen LogP) is 3.67. The Morgan fingerprint density at radius 3 is 2.29 bits per heavy atom. The third-order valence-electron chi connectivity index (χ3n) is 3.60. The van der Waals surface area contributed by atoms with Crippen molar-refractivity contribution in [2.75, 3.05) is 11.8 Å². The summed E-state index contributed by atoms with van der Waals surface area (Å²) < 4.78 is 70.8. The van der Waals surface area contributed by atoms with Crippen molar-refractivity contribution in [3.05, 3.63) is 53.1 Å². The van der Waals surface area contributed by atoms with Gasteiger partial charge in [-0.1, -0.05) is 11.6 Å². The summed E-state index contributed by atoms with van der Waals surface area (Å²) in [5.41, 5.74) is -1.44. The van der Waals surface area contributed by atoms with E-state index in [1.54, 1.807) is 0 Å². The number of rotatable bonds is 6. The Kier molecular flexibility index (Phi) is 6.45. The fourth-order valence-corrected chi connectivity index (χ4v) is 3.43. The molecule has 152 valence electrons. The Labute approximate surface area is 164 Å². The van der Waals surface area contributed by atoms with Gasteiger partial charge in [0.2, 0.25) is 0 Å². The molecule has 0 saturated heterocycles. The zero-order chi connectivity index (χ0) is 21.1. The van der Waals surface area contributed by atoms with Crippen LogP contribution in [0, 0.1) is 0 Å². The Morgan fingerprint density at radius 2 is 1.75 bits per heavy atom. The van der Waals surface area contributed by atoms with Gasteiger partial charge in [-0.3, -0.25) is 9.52 Å². The van der Waals surface area contributed by atoms with E-state index >= 15 is 0 Å². The molecule has 2 N–H and O–H groups in total. The number of benzene rings is 2. The van der Waals surface area contributed by atoms with Gasteiger partial charge in [-0.15, -0.1) is 0 Å². The summed E-state index contributed by atoms with van der Waals surface area (Å²) >= 11 is 5.81. The molecule has 11 heteroatoms. The van der Waals surface area contributed by atoms with Crippen LogP contribution in [-0.2, 0) is 21.0 Å². The molecule has 0 saturated carbocycles. The summed E-state index contributed by atoms with van der Waals surface area (Å²) in [4.78, 5) is 11.2. The molecular weight excluding hydrogens is 421 g/mol. The van der Waals surface area contributed by atoms with Crippen LogP contribution in [0.25, 0.3) is 0 Å². The number of anilines is 1. The second-order valence-corrected chi connectivity index (χ2v) is 7.73. The average molecular weight is 437 g/mol. The number of alkyl halides is 3. The molecule has 0 aliphatic carbocycles. The molecule has 2 aromatic carbocycles. The van der Waals surface area contributed by atoms with Crippen molar-refractivity contribution in [3.8, 4) is 5.75 Å². The summed E-state index contributed by atoms with van der Waals surface area (Å²) in [6.07, 6.45) is -5.44. The van der Waals surface area contributed by atoms with E-state index in [2.05, 4.69) is 5.32 Å². The number of hydrogen-bond acceptors (Lipinski definition) is 4. The van der Waals surface area contributed by atoms with Gasteiger partial charge in [-0.2, -0.15) is 13.2 Å². The van der Waals surface area contributed by atoms with Gasteiger partial charge in [0, 0.05) is 7.05 Å². The fourth-order valence-electron chi connectivity index (χ4n) is 2.14. The van der Waals surface area contributed by atoms with Gasteiger partial charge >= 0.3 is 6.18 Å². The summed E-state index contributed by atoms with van der Waals surface area (Å²) in [5.74, 6) is -0.121. The van der Waals surface area contributed by atoms with E-state index in [0.717, 1.165) is 12.1 Å². The largest absolute Gasteiger partial charge is 0.481 e. The molecule has 0 spiro atoms. The molecular formula is C17H16ClF3N2O4S. The number of ether oxygens (including phenoxy) is 1. The van der Waals surface area contributed by atoms with Crippen LogP contribution in [0.4, 0.5) is 18.9 Å². The molecule has 0 bridgehead atoms. The highest BCUT2D eigenvalue weighted by atomic mass is 35.5. The van der Waals surface area contributed by atoms with Crippen LogP contribution in [0.3, 0.4) is 0 Å². The maximum absolute atomic E-state index is 12.8. The van der Waals surface area contributed by atoms with Crippen LogP contribution in [0.2, 0.25) is 5.02 Å². The van der Waals surface area contributed by atoms with Crippen molar-refractivity contribution in [2.24, 2.45) is 0 Å². The van der Waals surface area contributed by atoms with Crippen molar-refractivity contribution >= 4 is 33.2 Å². The Balaban J connectivity index is 2.23. The summed E-state index contributed by atoms with van der Waals surface area (Å²) in [5, 5.41) is 2.22. The summed E-state index contributed by atoms with van der Waals surface area (Å²) in [6, 6.07) is 7.34. The van der Waals surface area contributed by atoms with Crippen molar-refractivity contribution in [1.82, 2.24) is 5.32 Å². The molecule has 2 aromatic rings. The lowest BCUT2D eigenvalue weighted by Gasteiger charge is -2.14. The van der Waals surface area contributed by atoms with Crippen LogP contribution in [0.1, 0.15) is 12.5 Å². The molecule has 2 rings (SSSR count). The van der Waals surface area contributed by atoms with Gasteiger partial charge in [-0.25, -0.2) is 8.42 Å². The number of hydrogen-bond donors (Lipinski definition) is 2. The van der Waals surface area contributed by atoms with Gasteiger partial charge in [0.1, 0.15) is 5.75 Å². The zero-order valence-corrected chi connectivity index (χ0v) is 16.2. The highest BCUT2D eigenvalue weighted by Gasteiger charge is 2.31. The smallest absolute Gasteiger partial charge is 0.416 e. The van der Waals surface area contributed by atoms with Crippen molar-refractivity contribution in [3.63, 3.8) is 0 Å². The Hall–Kier alpha value is -2.46. The molecule has 0 fully saturated rings. The van der Waals surface area contributed by atoms with E-state index in [4.69, 9.17) is 16.3 Å². The maximum Gasteiger partial charge on any atom is 0.416 e. The van der Waals surface area contributed by atoms with Crippen LogP contribution in [0.15, 0.2) is 47.4 Å². The van der Waals surface area contributed by atoms with E-state index in [1.807, 2.05) is 4.72 Å². The second kappa shape index (κ2) is 8.27. The van der Waals surface area contributed by atoms with Crippen molar-refractivity contribution < 1.29 is 31.1 Å². The van der Waals surface area contributed by atoms with Crippen LogP contribution in [0.5, 0.6) is 5.75 Å². The van der Waals surface area contributed by atoms with E-state index in [1.165, 1.54) is 38.2 Å². The molecule has 0 heterocycles. The Morgan fingerprint density at radius 1 is 1.14 bits per heavy atom. The molecule has 1 atom stereocenters. The highest BCUT2D eigenvalue weighted by Crippen LogP contribution is 2.34. The van der Waals surface area contributed by atoms with Crippen LogP contribution in [-0.4, -0.2) is 27.5 Å². The second-order valence-electron chi connectivity index (χ2n) is 5.64. The fraction of sp³-hybridized carbons (Fsp3) is 0.235. The lowest BCUT2D eigenvalue weighted by atomic mass is 10.2. The third-order valence-corrected chi connectivity index (χ3v) is 5.31. The average Bonchev–Trinajstić information content (AvgIpc) is 2.62. The lowest BCUT2D eigenvalue weighted by Crippen LogP contribution is -2.33. The minimum atomic E-state index is -4.65. The van der Waals surface area contributed by atoms with Crippen molar-refractivity contribution in [1.29, 1.82) is 0 Å². The quantitative estimate of drug-likeness (QED) is 0.723. The molecule has 0 aliphatic rings. The van der Waals surface area contributed by atoms with Gasteiger partial charge in [0.05, 0.1) is 21.2 Å². The minimum absolute atomic E-state index is 0.184. The number of carbonyl (C=O) groups excluding carboxylic acids is 1. The number of nitrogens with one attached hydrogen (secondary N) is 2. The first-order valence-electron chi connectivity index (χ1n) is 7.82. The number of amides is 1. The van der Waals surface area contributed by atoms with E-state index < -0.39 is 33.6 Å². The minimum Gasteiger partial charge on any atom is -0.481 e. The number of sulfonamides is 1. The van der Waals surface area contributed by atoms with E-state index in [9.17, 15) is 26.4 Å². The number of likely N-dealkylation sites (N-methyl/N-ethyl adjacent to an activating group) is 1. The van der Waals surface area contributed by atoms with Gasteiger partial charge in [0.15, 0.2) is 6.10 Å². The summed E-state index contributed by atoms with van der Waals surface area (Å²) in [6.45, 7) is 1.51. The van der Waals surface area contributed by atoms with Gasteiger partial charge < -0.3 is 10.1 Å². The van der Waals surface area contributed by atoms with E-state index in [0.29, 0.717) is 6.07 Å². The normalized spacial score (nSPS) is 12.9. The molecule has 6 nitrogen and oxygen atoms in total. The van der Waals surface area contributed by atoms with E-state index in [-0.39, 0.29) is 21.6 Å². The zero-order valence-electron chi connectivity index (χ0n) is 14.7.